The van der Waals surface area contributed by atoms with Crippen molar-refractivity contribution in [1.29, 1.82) is 0 Å². The van der Waals surface area contributed by atoms with Gasteiger partial charge in [-0.1, -0.05) is 134 Å². The third-order valence-electron chi connectivity index (χ3n) is 6.16. The molecule has 0 radical (unpaired) electrons. The van der Waals surface area contributed by atoms with Crippen LogP contribution in [0.1, 0.15) is 135 Å². The topological polar surface area (TPSA) is 63.6 Å². The second kappa shape index (κ2) is 25.1. The van der Waals surface area contributed by atoms with Crippen molar-refractivity contribution < 1.29 is 19.4 Å². The molecule has 1 atom stereocenters. The molecule has 1 N–H and O–H groups in total. The maximum Gasteiger partial charge on any atom is 0.310 e. The number of hydrogen-bond acceptors (Lipinski definition) is 3. The lowest BCUT2D eigenvalue weighted by Gasteiger charge is -2.11. The number of ether oxygens (including phenoxy) is 1. The SMILES string of the molecule is C=CCOC(=O)C(C/C=C/CCCCCCCCCCCCCCCCCCC)CC(=O)O. The van der Waals surface area contributed by atoms with Gasteiger partial charge in [-0.05, 0) is 19.3 Å². The molecule has 0 aromatic rings. The summed E-state index contributed by atoms with van der Waals surface area (Å²) in [5.41, 5.74) is 0. The lowest BCUT2D eigenvalue weighted by Crippen LogP contribution is -2.20. The second-order valence-electron chi connectivity index (χ2n) is 9.37. The first-order valence-electron chi connectivity index (χ1n) is 13.8. The quantitative estimate of drug-likeness (QED) is 0.0832. The zero-order chi connectivity index (χ0) is 24.4. The summed E-state index contributed by atoms with van der Waals surface area (Å²) in [4.78, 5) is 22.8. The number of unbranched alkanes of at least 4 members (excludes halogenated alkanes) is 17. The van der Waals surface area contributed by atoms with Crippen LogP contribution < -0.4 is 0 Å². The molecule has 192 valence electrons. The predicted octanol–water partition coefficient (Wildman–Crippen LogP) is 8.79. The van der Waals surface area contributed by atoms with Gasteiger partial charge in [-0.25, -0.2) is 0 Å². The van der Waals surface area contributed by atoms with Crippen LogP contribution in [0.2, 0.25) is 0 Å². The van der Waals surface area contributed by atoms with Crippen molar-refractivity contribution in [1.82, 2.24) is 0 Å². The van der Waals surface area contributed by atoms with Crippen LogP contribution in [-0.4, -0.2) is 23.7 Å². The summed E-state index contributed by atoms with van der Waals surface area (Å²) in [6.07, 6.45) is 30.0. The van der Waals surface area contributed by atoms with Gasteiger partial charge in [0.15, 0.2) is 0 Å². The third-order valence-corrected chi connectivity index (χ3v) is 6.16. The molecule has 0 fully saturated rings. The van der Waals surface area contributed by atoms with Crippen LogP contribution in [0.4, 0.5) is 0 Å². The van der Waals surface area contributed by atoms with Crippen molar-refractivity contribution in [3.8, 4) is 0 Å². The molecule has 0 spiro atoms. The van der Waals surface area contributed by atoms with Crippen molar-refractivity contribution in [3.05, 3.63) is 24.8 Å². The molecule has 0 aliphatic heterocycles. The molecule has 0 bridgehead atoms. The Bertz CT molecular complexity index is 498. The molecule has 33 heavy (non-hydrogen) atoms. The maximum absolute atomic E-state index is 11.9. The summed E-state index contributed by atoms with van der Waals surface area (Å²) in [7, 11) is 0. The molecule has 0 saturated heterocycles. The smallest absolute Gasteiger partial charge is 0.310 e. The molecule has 0 aliphatic carbocycles. The number of esters is 1. The number of carbonyl (C=O) groups excluding carboxylic acids is 1. The number of rotatable bonds is 25. The Hall–Kier alpha value is -1.58. The van der Waals surface area contributed by atoms with Gasteiger partial charge >= 0.3 is 11.9 Å². The lowest BCUT2D eigenvalue weighted by atomic mass is 10.0. The Morgan fingerprint density at radius 2 is 1.21 bits per heavy atom. The van der Waals surface area contributed by atoms with Crippen LogP contribution in [0.15, 0.2) is 24.8 Å². The minimum absolute atomic E-state index is 0.123. The Kier molecular flexibility index (Phi) is 23.9. The van der Waals surface area contributed by atoms with Gasteiger partial charge in [-0.3, -0.25) is 9.59 Å². The molecule has 0 amide bonds. The van der Waals surface area contributed by atoms with Crippen molar-refractivity contribution in [2.75, 3.05) is 6.61 Å². The van der Waals surface area contributed by atoms with Gasteiger partial charge in [-0.15, -0.1) is 0 Å². The molecule has 0 aliphatic rings. The highest BCUT2D eigenvalue weighted by atomic mass is 16.5. The fourth-order valence-corrected chi connectivity index (χ4v) is 4.10. The van der Waals surface area contributed by atoms with Crippen molar-refractivity contribution >= 4 is 11.9 Å². The van der Waals surface area contributed by atoms with E-state index in [-0.39, 0.29) is 13.0 Å². The zero-order valence-electron chi connectivity index (χ0n) is 21.5. The van der Waals surface area contributed by atoms with Crippen LogP contribution >= 0.6 is 0 Å². The number of aliphatic carboxylic acids is 1. The van der Waals surface area contributed by atoms with E-state index in [4.69, 9.17) is 9.84 Å². The highest BCUT2D eigenvalue weighted by Crippen LogP contribution is 2.15. The van der Waals surface area contributed by atoms with E-state index in [1.165, 1.54) is 109 Å². The average Bonchev–Trinajstić information content (AvgIpc) is 2.80. The fraction of sp³-hybridized carbons (Fsp3) is 0.793. The molecule has 0 rings (SSSR count). The highest BCUT2D eigenvalue weighted by Gasteiger charge is 2.21. The molecule has 0 heterocycles. The first-order chi connectivity index (χ1) is 16.1. The van der Waals surface area contributed by atoms with E-state index >= 15 is 0 Å². The van der Waals surface area contributed by atoms with Gasteiger partial charge < -0.3 is 9.84 Å². The summed E-state index contributed by atoms with van der Waals surface area (Å²) in [6.45, 7) is 5.90. The number of carboxylic acids is 1. The molecule has 4 nitrogen and oxygen atoms in total. The summed E-state index contributed by atoms with van der Waals surface area (Å²) in [5.74, 6) is -2.05. The molecular formula is C29H52O4. The zero-order valence-corrected chi connectivity index (χ0v) is 21.5. The average molecular weight is 465 g/mol. The largest absolute Gasteiger partial charge is 0.481 e. The molecule has 0 aromatic heterocycles. The van der Waals surface area contributed by atoms with Gasteiger partial charge in [-0.2, -0.15) is 0 Å². The van der Waals surface area contributed by atoms with Gasteiger partial charge in [0.25, 0.3) is 0 Å². The highest BCUT2D eigenvalue weighted by molar-refractivity contribution is 5.79. The second-order valence-corrected chi connectivity index (χ2v) is 9.37. The fourth-order valence-electron chi connectivity index (χ4n) is 4.10. The van der Waals surface area contributed by atoms with Gasteiger partial charge in [0, 0.05) is 0 Å². The van der Waals surface area contributed by atoms with Crippen LogP contribution in [-0.2, 0) is 14.3 Å². The molecule has 1 unspecified atom stereocenters. The van der Waals surface area contributed by atoms with Crippen molar-refractivity contribution in [2.24, 2.45) is 5.92 Å². The minimum Gasteiger partial charge on any atom is -0.481 e. The van der Waals surface area contributed by atoms with Gasteiger partial charge in [0.1, 0.15) is 6.61 Å². The third kappa shape index (κ3) is 23.4. The number of carbonyl (C=O) groups is 2. The van der Waals surface area contributed by atoms with E-state index in [9.17, 15) is 9.59 Å². The minimum atomic E-state index is -0.975. The lowest BCUT2D eigenvalue weighted by molar-refractivity contribution is -0.152. The van der Waals surface area contributed by atoms with E-state index in [0.717, 1.165) is 12.8 Å². The van der Waals surface area contributed by atoms with Crippen LogP contribution in [0.25, 0.3) is 0 Å². The summed E-state index contributed by atoms with van der Waals surface area (Å²) in [5, 5.41) is 8.97. The Morgan fingerprint density at radius 1 is 0.758 bits per heavy atom. The standard InChI is InChI=1S/C29H52O4/c1-3-5-6-7-8-9-10-11-12-13-14-15-16-17-18-19-20-21-22-23-24-27(26-28(30)31)29(32)33-25-4-2/h4,22-23,27H,2-3,5-21,24-26H2,1H3,(H,30,31)/b23-22+. The summed E-state index contributed by atoms with van der Waals surface area (Å²) < 4.78 is 4.99. The number of carboxylic acid groups (broad SMARTS) is 1. The van der Waals surface area contributed by atoms with E-state index in [2.05, 4.69) is 19.6 Å². The summed E-state index contributed by atoms with van der Waals surface area (Å²) in [6, 6.07) is 0. The normalized spacial score (nSPS) is 12.2. The van der Waals surface area contributed by atoms with E-state index in [1.807, 2.05) is 6.08 Å². The van der Waals surface area contributed by atoms with E-state index < -0.39 is 17.9 Å². The molecule has 0 saturated carbocycles. The Morgan fingerprint density at radius 3 is 1.64 bits per heavy atom. The van der Waals surface area contributed by atoms with Crippen LogP contribution in [0, 0.1) is 5.92 Å². The predicted molar refractivity (Wildman–Crippen MR) is 139 cm³/mol. The monoisotopic (exact) mass is 464 g/mol. The molecular weight excluding hydrogens is 412 g/mol. The van der Waals surface area contributed by atoms with Crippen molar-refractivity contribution in [2.45, 2.75) is 135 Å². The van der Waals surface area contributed by atoms with E-state index in [1.54, 1.807) is 0 Å². The molecule has 4 heteroatoms. The first-order valence-corrected chi connectivity index (χ1v) is 13.8. The Balaban J connectivity index is 3.48. The maximum atomic E-state index is 11.9. The van der Waals surface area contributed by atoms with Gasteiger partial charge in [0.2, 0.25) is 0 Å². The van der Waals surface area contributed by atoms with Crippen LogP contribution in [0.5, 0.6) is 0 Å². The van der Waals surface area contributed by atoms with Gasteiger partial charge in [0.05, 0.1) is 12.3 Å². The van der Waals surface area contributed by atoms with Crippen molar-refractivity contribution in [3.63, 3.8) is 0 Å². The Labute approximate surface area is 204 Å². The van der Waals surface area contributed by atoms with Crippen LogP contribution in [0.3, 0.4) is 0 Å². The number of hydrogen-bond donors (Lipinski definition) is 1. The van der Waals surface area contributed by atoms with E-state index in [0.29, 0.717) is 6.42 Å². The number of allylic oxidation sites excluding steroid dienone is 2. The molecule has 0 aromatic carbocycles. The first kappa shape index (κ1) is 31.4. The summed E-state index contributed by atoms with van der Waals surface area (Å²) >= 11 is 0.